The van der Waals surface area contributed by atoms with E-state index in [2.05, 4.69) is 10.6 Å². The largest absolute Gasteiger partial charge is 0.491 e. The molecule has 2 amide bonds. The highest BCUT2D eigenvalue weighted by molar-refractivity contribution is 5.95. The predicted octanol–water partition coefficient (Wildman–Crippen LogP) is 4.53. The van der Waals surface area contributed by atoms with Gasteiger partial charge in [-0.3, -0.25) is 9.59 Å². The summed E-state index contributed by atoms with van der Waals surface area (Å²) in [7, 11) is 0. The highest BCUT2D eigenvalue weighted by Gasteiger charge is 2.31. The van der Waals surface area contributed by atoms with E-state index < -0.39 is 40.8 Å². The normalized spacial score (nSPS) is 11.1. The van der Waals surface area contributed by atoms with Crippen LogP contribution >= 0.6 is 0 Å². The van der Waals surface area contributed by atoms with Crippen molar-refractivity contribution in [2.45, 2.75) is 25.9 Å². The molecule has 0 aliphatic rings. The number of amides is 2. The lowest BCUT2D eigenvalue weighted by Gasteiger charge is -2.15. The number of anilines is 1. The third-order valence-corrected chi connectivity index (χ3v) is 3.86. The number of halogens is 5. The van der Waals surface area contributed by atoms with Crippen LogP contribution in [0.2, 0.25) is 0 Å². The summed E-state index contributed by atoms with van der Waals surface area (Å²) >= 11 is 0. The number of carbonyl (C=O) groups is 2. The maximum Gasteiger partial charge on any atom is 0.416 e. The molecule has 0 bridgehead atoms. The maximum absolute atomic E-state index is 13.6. The van der Waals surface area contributed by atoms with E-state index in [1.807, 2.05) is 6.92 Å². The number of ether oxygens (including phenoxy) is 1. The van der Waals surface area contributed by atoms with Gasteiger partial charge in [-0.1, -0.05) is 6.92 Å². The van der Waals surface area contributed by atoms with Gasteiger partial charge in [-0.05, 0) is 36.8 Å². The topological polar surface area (TPSA) is 67.4 Å². The van der Waals surface area contributed by atoms with Gasteiger partial charge in [0.2, 0.25) is 5.91 Å². The standard InChI is InChI=1S/C20H19F5N2O3/c1-2-9-30-17-6-3-12(20(23,24)25)10-16(17)27-18(28)7-8-26-19(29)14-5-4-13(21)11-15(14)22/h3-6,10-11H,2,7-9H2,1H3,(H,26,29)(H,27,28). The lowest BCUT2D eigenvalue weighted by molar-refractivity contribution is -0.137. The van der Waals surface area contributed by atoms with Crippen LogP contribution in [-0.4, -0.2) is 25.0 Å². The Bertz CT molecular complexity index is 916. The molecule has 10 heteroatoms. The molecule has 5 nitrogen and oxygen atoms in total. The summed E-state index contributed by atoms with van der Waals surface area (Å²) in [6.07, 6.45) is -4.28. The molecular formula is C20H19F5N2O3. The van der Waals surface area contributed by atoms with E-state index in [-0.39, 0.29) is 31.0 Å². The summed E-state index contributed by atoms with van der Waals surface area (Å²) in [5.74, 6) is -3.36. The molecule has 0 saturated carbocycles. The number of hydrogen-bond donors (Lipinski definition) is 2. The molecule has 0 heterocycles. The van der Waals surface area contributed by atoms with E-state index in [0.717, 1.165) is 30.3 Å². The van der Waals surface area contributed by atoms with Crippen LogP contribution in [0.15, 0.2) is 36.4 Å². The fourth-order valence-electron chi connectivity index (χ4n) is 2.41. The minimum absolute atomic E-state index is 0.0793. The van der Waals surface area contributed by atoms with Gasteiger partial charge in [-0.25, -0.2) is 8.78 Å². The van der Waals surface area contributed by atoms with Gasteiger partial charge in [0.05, 0.1) is 23.4 Å². The Balaban J connectivity index is 2.00. The van der Waals surface area contributed by atoms with Crippen molar-refractivity contribution in [1.29, 1.82) is 0 Å². The van der Waals surface area contributed by atoms with Gasteiger partial charge in [0.1, 0.15) is 17.4 Å². The van der Waals surface area contributed by atoms with Crippen molar-refractivity contribution < 1.29 is 36.3 Å². The van der Waals surface area contributed by atoms with E-state index in [0.29, 0.717) is 12.5 Å². The van der Waals surface area contributed by atoms with Crippen molar-refractivity contribution in [3.8, 4) is 5.75 Å². The lowest BCUT2D eigenvalue weighted by Crippen LogP contribution is -2.28. The molecule has 0 fully saturated rings. The monoisotopic (exact) mass is 430 g/mol. The third-order valence-electron chi connectivity index (χ3n) is 3.86. The molecule has 0 aliphatic heterocycles. The molecule has 2 rings (SSSR count). The average Bonchev–Trinajstić information content (AvgIpc) is 2.66. The van der Waals surface area contributed by atoms with Crippen LogP contribution in [0.1, 0.15) is 35.7 Å². The highest BCUT2D eigenvalue weighted by atomic mass is 19.4. The van der Waals surface area contributed by atoms with Gasteiger partial charge in [0.25, 0.3) is 5.91 Å². The summed E-state index contributed by atoms with van der Waals surface area (Å²) in [6, 6.07) is 5.14. The van der Waals surface area contributed by atoms with Crippen molar-refractivity contribution >= 4 is 17.5 Å². The van der Waals surface area contributed by atoms with E-state index in [9.17, 15) is 31.5 Å². The van der Waals surface area contributed by atoms with Crippen LogP contribution < -0.4 is 15.4 Å². The van der Waals surface area contributed by atoms with Gasteiger partial charge < -0.3 is 15.4 Å². The molecule has 0 unspecified atom stereocenters. The highest BCUT2D eigenvalue weighted by Crippen LogP contribution is 2.35. The van der Waals surface area contributed by atoms with Crippen LogP contribution in [0.3, 0.4) is 0 Å². The Labute approximate surface area is 169 Å². The second kappa shape index (κ2) is 10.0. The molecule has 0 atom stereocenters. The van der Waals surface area contributed by atoms with Gasteiger partial charge in [-0.15, -0.1) is 0 Å². The Morgan fingerprint density at radius 1 is 1.07 bits per heavy atom. The van der Waals surface area contributed by atoms with Crippen molar-refractivity contribution in [2.24, 2.45) is 0 Å². The molecule has 2 N–H and O–H groups in total. The van der Waals surface area contributed by atoms with Gasteiger partial charge in [0.15, 0.2) is 0 Å². The van der Waals surface area contributed by atoms with Crippen molar-refractivity contribution in [2.75, 3.05) is 18.5 Å². The van der Waals surface area contributed by atoms with Crippen LogP contribution in [0, 0.1) is 11.6 Å². The molecule has 2 aromatic carbocycles. The lowest BCUT2D eigenvalue weighted by atomic mass is 10.1. The zero-order valence-corrected chi connectivity index (χ0v) is 15.9. The van der Waals surface area contributed by atoms with Crippen LogP contribution in [0.5, 0.6) is 5.75 Å². The first-order valence-electron chi connectivity index (χ1n) is 8.99. The minimum atomic E-state index is -4.60. The second-order valence-corrected chi connectivity index (χ2v) is 6.24. The summed E-state index contributed by atoms with van der Waals surface area (Å²) in [4.78, 5) is 24.0. The Morgan fingerprint density at radius 2 is 1.80 bits per heavy atom. The number of rotatable bonds is 8. The van der Waals surface area contributed by atoms with E-state index in [1.165, 1.54) is 0 Å². The molecule has 0 spiro atoms. The zero-order chi connectivity index (χ0) is 22.3. The Hall–Kier alpha value is -3.17. The van der Waals surface area contributed by atoms with Crippen LogP contribution in [0.4, 0.5) is 27.6 Å². The van der Waals surface area contributed by atoms with Crippen LogP contribution in [-0.2, 0) is 11.0 Å². The zero-order valence-electron chi connectivity index (χ0n) is 15.9. The molecule has 30 heavy (non-hydrogen) atoms. The molecule has 0 radical (unpaired) electrons. The molecule has 162 valence electrons. The Kier molecular flexibility index (Phi) is 7.73. The first-order chi connectivity index (χ1) is 14.1. The molecule has 0 aromatic heterocycles. The van der Waals surface area contributed by atoms with E-state index in [4.69, 9.17) is 4.74 Å². The number of benzene rings is 2. The number of hydrogen-bond acceptors (Lipinski definition) is 3. The molecule has 2 aromatic rings. The summed E-state index contributed by atoms with van der Waals surface area (Å²) in [5.41, 5.74) is -1.51. The first-order valence-corrected chi connectivity index (χ1v) is 8.99. The quantitative estimate of drug-likeness (QED) is 0.605. The van der Waals surface area contributed by atoms with Crippen molar-refractivity contribution in [3.63, 3.8) is 0 Å². The first kappa shape index (κ1) is 23.1. The molecular weight excluding hydrogens is 411 g/mol. The number of nitrogens with one attached hydrogen (secondary N) is 2. The fraction of sp³-hybridized carbons (Fsp3) is 0.300. The van der Waals surface area contributed by atoms with Crippen molar-refractivity contribution in [1.82, 2.24) is 5.32 Å². The van der Waals surface area contributed by atoms with Gasteiger partial charge in [0, 0.05) is 19.0 Å². The number of carbonyl (C=O) groups excluding carboxylic acids is 2. The molecule has 0 aliphatic carbocycles. The second-order valence-electron chi connectivity index (χ2n) is 6.24. The van der Waals surface area contributed by atoms with Crippen LogP contribution in [0.25, 0.3) is 0 Å². The van der Waals surface area contributed by atoms with E-state index in [1.54, 1.807) is 0 Å². The molecule has 0 saturated heterocycles. The van der Waals surface area contributed by atoms with Crippen molar-refractivity contribution in [3.05, 3.63) is 59.2 Å². The summed E-state index contributed by atoms with van der Waals surface area (Å²) in [5, 5.41) is 4.61. The maximum atomic E-state index is 13.6. The smallest absolute Gasteiger partial charge is 0.416 e. The predicted molar refractivity (Wildman–Crippen MR) is 99.2 cm³/mol. The SMILES string of the molecule is CCCOc1ccc(C(F)(F)F)cc1NC(=O)CCNC(=O)c1ccc(F)cc1F. The van der Waals surface area contributed by atoms with Gasteiger partial charge >= 0.3 is 6.18 Å². The average molecular weight is 430 g/mol. The summed E-state index contributed by atoms with van der Waals surface area (Å²) < 4.78 is 70.6. The minimum Gasteiger partial charge on any atom is -0.491 e. The van der Waals surface area contributed by atoms with Gasteiger partial charge in [-0.2, -0.15) is 13.2 Å². The van der Waals surface area contributed by atoms with E-state index >= 15 is 0 Å². The fourth-order valence-corrected chi connectivity index (χ4v) is 2.41. The third kappa shape index (κ3) is 6.43. The number of alkyl halides is 3. The Morgan fingerprint density at radius 3 is 2.43 bits per heavy atom. The summed E-state index contributed by atoms with van der Waals surface area (Å²) in [6.45, 7) is 1.84.